The van der Waals surface area contributed by atoms with Crippen LogP contribution in [0, 0.1) is 0 Å². The first-order chi connectivity index (χ1) is 12.9. The van der Waals surface area contributed by atoms with Gasteiger partial charge in [0.25, 0.3) is 0 Å². The van der Waals surface area contributed by atoms with Crippen LogP contribution in [0.15, 0.2) is 60.3 Å². The molecule has 2 rings (SSSR count). The van der Waals surface area contributed by atoms with E-state index in [2.05, 4.69) is 14.8 Å². The van der Waals surface area contributed by atoms with Crippen molar-refractivity contribution in [3.05, 3.63) is 65.9 Å². The van der Waals surface area contributed by atoms with E-state index >= 15 is 0 Å². The summed E-state index contributed by atoms with van der Waals surface area (Å²) in [5.74, 6) is -2.28. The van der Waals surface area contributed by atoms with E-state index in [1.165, 1.54) is 14.2 Å². The van der Waals surface area contributed by atoms with E-state index in [0.717, 1.165) is 17.2 Å². The summed E-state index contributed by atoms with van der Waals surface area (Å²) in [5.41, 5.74) is 2.95. The molecule has 0 radical (unpaired) electrons. The minimum Gasteiger partial charge on any atom is -0.481 e. The third-order valence-electron chi connectivity index (χ3n) is 3.65. The summed E-state index contributed by atoms with van der Waals surface area (Å²) in [6.45, 7) is 0. The van der Waals surface area contributed by atoms with E-state index in [-0.39, 0.29) is 12.1 Å². The van der Waals surface area contributed by atoms with Gasteiger partial charge in [-0.25, -0.2) is 9.59 Å². The third kappa shape index (κ3) is 5.71. The minimum atomic E-state index is -0.887. The lowest BCUT2D eigenvalue weighted by atomic mass is 10.0. The maximum Gasteiger partial charge on any atom is 0.354 e. The molecule has 2 aromatic carbocycles. The molecule has 0 fully saturated rings. The summed E-state index contributed by atoms with van der Waals surface area (Å²) in [7, 11) is 2.42. The number of carbonyl (C=O) groups is 3. The molecule has 0 unspecified atom stereocenters. The van der Waals surface area contributed by atoms with E-state index in [4.69, 9.17) is 5.11 Å². The Labute approximate surface area is 156 Å². The first-order valence-corrected chi connectivity index (χ1v) is 7.99. The second-order valence-electron chi connectivity index (χ2n) is 5.55. The SMILES string of the molecule is COC(=O)/C=C(/Nc1cccc(-c2ccc(CC(=O)O)cc2)c1)C(=O)OC. The van der Waals surface area contributed by atoms with Gasteiger partial charge in [-0.05, 0) is 28.8 Å². The number of methoxy groups -OCH3 is 2. The van der Waals surface area contributed by atoms with E-state index in [9.17, 15) is 14.4 Å². The number of carboxylic acids is 1. The van der Waals surface area contributed by atoms with Crippen molar-refractivity contribution < 1.29 is 29.0 Å². The molecule has 140 valence electrons. The molecule has 0 amide bonds. The number of anilines is 1. The average Bonchev–Trinajstić information content (AvgIpc) is 2.67. The molecule has 2 aromatic rings. The number of hydrogen-bond acceptors (Lipinski definition) is 6. The molecule has 0 spiro atoms. The predicted octanol–water partition coefficient (Wildman–Crippen LogP) is 2.62. The Bertz CT molecular complexity index is 870. The van der Waals surface area contributed by atoms with Crippen molar-refractivity contribution in [3.8, 4) is 11.1 Å². The Kier molecular flexibility index (Phi) is 6.71. The van der Waals surface area contributed by atoms with Crippen LogP contribution in [0.3, 0.4) is 0 Å². The van der Waals surface area contributed by atoms with Gasteiger partial charge < -0.3 is 19.9 Å². The highest BCUT2D eigenvalue weighted by Crippen LogP contribution is 2.24. The molecule has 0 aliphatic heterocycles. The Morgan fingerprint density at radius 1 is 1.00 bits per heavy atom. The van der Waals surface area contributed by atoms with Crippen molar-refractivity contribution in [2.75, 3.05) is 19.5 Å². The van der Waals surface area contributed by atoms with Gasteiger partial charge in [-0.2, -0.15) is 0 Å². The number of aliphatic carboxylic acids is 1. The molecule has 0 saturated carbocycles. The van der Waals surface area contributed by atoms with Gasteiger partial charge in [-0.15, -0.1) is 0 Å². The van der Waals surface area contributed by atoms with E-state index in [1.54, 1.807) is 30.3 Å². The molecule has 0 bridgehead atoms. The lowest BCUT2D eigenvalue weighted by Crippen LogP contribution is -2.15. The van der Waals surface area contributed by atoms with Crippen LogP contribution in [0.5, 0.6) is 0 Å². The normalized spacial score (nSPS) is 10.8. The van der Waals surface area contributed by atoms with Gasteiger partial charge in [-0.3, -0.25) is 4.79 Å². The Morgan fingerprint density at radius 2 is 1.70 bits per heavy atom. The summed E-state index contributed by atoms with van der Waals surface area (Å²) >= 11 is 0. The van der Waals surface area contributed by atoms with Gasteiger partial charge in [0.05, 0.1) is 26.7 Å². The highest BCUT2D eigenvalue weighted by atomic mass is 16.5. The predicted molar refractivity (Wildman–Crippen MR) is 99.0 cm³/mol. The highest BCUT2D eigenvalue weighted by Gasteiger charge is 2.13. The Balaban J connectivity index is 2.25. The van der Waals surface area contributed by atoms with Crippen molar-refractivity contribution in [3.63, 3.8) is 0 Å². The van der Waals surface area contributed by atoms with Crippen molar-refractivity contribution in [1.29, 1.82) is 0 Å². The Hall–Kier alpha value is -3.61. The van der Waals surface area contributed by atoms with Gasteiger partial charge in [0, 0.05) is 5.69 Å². The molecule has 0 aromatic heterocycles. The largest absolute Gasteiger partial charge is 0.481 e. The molecule has 2 N–H and O–H groups in total. The average molecular weight is 369 g/mol. The summed E-state index contributed by atoms with van der Waals surface area (Å²) < 4.78 is 9.20. The van der Waals surface area contributed by atoms with Gasteiger partial charge >= 0.3 is 17.9 Å². The van der Waals surface area contributed by atoms with Crippen molar-refractivity contribution in [2.45, 2.75) is 6.42 Å². The van der Waals surface area contributed by atoms with Crippen LogP contribution in [0.4, 0.5) is 5.69 Å². The molecular weight excluding hydrogens is 350 g/mol. The second-order valence-corrected chi connectivity index (χ2v) is 5.55. The number of carbonyl (C=O) groups excluding carboxylic acids is 2. The molecule has 27 heavy (non-hydrogen) atoms. The number of carboxylic acid groups (broad SMARTS) is 1. The maximum atomic E-state index is 11.8. The first-order valence-electron chi connectivity index (χ1n) is 7.99. The van der Waals surface area contributed by atoms with Crippen LogP contribution in [0.25, 0.3) is 11.1 Å². The van der Waals surface area contributed by atoms with Gasteiger partial charge in [0.2, 0.25) is 0 Å². The fourth-order valence-corrected chi connectivity index (χ4v) is 2.35. The topological polar surface area (TPSA) is 102 Å². The molecular formula is C20H19NO6. The van der Waals surface area contributed by atoms with Crippen LogP contribution in [-0.4, -0.2) is 37.2 Å². The van der Waals surface area contributed by atoms with Crippen LogP contribution < -0.4 is 5.32 Å². The quantitative estimate of drug-likeness (QED) is 0.571. The third-order valence-corrected chi connectivity index (χ3v) is 3.65. The van der Waals surface area contributed by atoms with Crippen molar-refractivity contribution in [1.82, 2.24) is 0 Å². The van der Waals surface area contributed by atoms with Gasteiger partial charge in [0.15, 0.2) is 0 Å². The fraction of sp³-hybridized carbons (Fsp3) is 0.150. The second kappa shape index (κ2) is 9.19. The summed E-state index contributed by atoms with van der Waals surface area (Å²) in [6, 6.07) is 14.3. The van der Waals surface area contributed by atoms with Crippen molar-refractivity contribution >= 4 is 23.6 Å². The lowest BCUT2D eigenvalue weighted by Gasteiger charge is -2.11. The monoisotopic (exact) mass is 369 g/mol. The molecule has 0 aliphatic rings. The zero-order valence-corrected chi connectivity index (χ0v) is 14.9. The van der Waals surface area contributed by atoms with Crippen LogP contribution >= 0.6 is 0 Å². The molecule has 0 heterocycles. The van der Waals surface area contributed by atoms with E-state index in [1.807, 2.05) is 18.2 Å². The van der Waals surface area contributed by atoms with E-state index < -0.39 is 17.9 Å². The lowest BCUT2D eigenvalue weighted by molar-refractivity contribution is -0.138. The Morgan fingerprint density at radius 3 is 2.30 bits per heavy atom. The molecule has 7 nitrogen and oxygen atoms in total. The van der Waals surface area contributed by atoms with Crippen LogP contribution in [-0.2, 0) is 30.3 Å². The standard InChI is InChI=1S/C20H19NO6/c1-26-19(24)12-17(20(25)27-2)21-16-5-3-4-15(11-16)14-8-6-13(7-9-14)10-18(22)23/h3-9,11-12,21H,10H2,1-2H3,(H,22,23)/b17-12+. The number of benzene rings is 2. The zero-order chi connectivity index (χ0) is 19.8. The number of esters is 2. The molecule has 0 aliphatic carbocycles. The number of rotatable bonds is 7. The smallest absolute Gasteiger partial charge is 0.354 e. The van der Waals surface area contributed by atoms with Gasteiger partial charge in [-0.1, -0.05) is 36.4 Å². The summed E-state index contributed by atoms with van der Waals surface area (Å²) in [5, 5.41) is 11.7. The molecule has 0 atom stereocenters. The highest BCUT2D eigenvalue weighted by molar-refractivity contribution is 5.98. The van der Waals surface area contributed by atoms with Crippen LogP contribution in [0.2, 0.25) is 0 Å². The van der Waals surface area contributed by atoms with Crippen LogP contribution in [0.1, 0.15) is 5.56 Å². The zero-order valence-electron chi connectivity index (χ0n) is 14.9. The fourth-order valence-electron chi connectivity index (χ4n) is 2.35. The van der Waals surface area contributed by atoms with Gasteiger partial charge in [0.1, 0.15) is 5.70 Å². The van der Waals surface area contributed by atoms with E-state index in [0.29, 0.717) is 11.3 Å². The molecule has 7 heteroatoms. The number of ether oxygens (including phenoxy) is 2. The van der Waals surface area contributed by atoms with Crippen molar-refractivity contribution in [2.24, 2.45) is 0 Å². The minimum absolute atomic E-state index is 0.0390. The summed E-state index contributed by atoms with van der Waals surface area (Å²) in [6.07, 6.45) is 0.974. The molecule has 0 saturated heterocycles. The summed E-state index contributed by atoms with van der Waals surface area (Å²) in [4.78, 5) is 34.0. The number of hydrogen-bond donors (Lipinski definition) is 2. The first kappa shape index (κ1) is 19.7. The number of nitrogens with one attached hydrogen (secondary N) is 1. The maximum absolute atomic E-state index is 11.8.